The molecule has 1 unspecified atom stereocenters. The number of carbonyl (C=O) groups is 2. The summed E-state index contributed by atoms with van der Waals surface area (Å²) in [6, 6.07) is 4.37. The van der Waals surface area contributed by atoms with Crippen molar-refractivity contribution in [3.8, 4) is 11.5 Å². The molecule has 2 N–H and O–H groups in total. The third-order valence-electron chi connectivity index (χ3n) is 3.73. The summed E-state index contributed by atoms with van der Waals surface area (Å²) in [6.07, 6.45) is -0.00382. The van der Waals surface area contributed by atoms with E-state index in [1.54, 1.807) is 26.0 Å². The highest BCUT2D eigenvalue weighted by molar-refractivity contribution is 5.95. The van der Waals surface area contributed by atoms with Crippen LogP contribution in [-0.2, 0) is 9.53 Å². The van der Waals surface area contributed by atoms with Gasteiger partial charge in [-0.3, -0.25) is 0 Å². The largest absolute Gasteiger partial charge is 0.490 e. The lowest BCUT2D eigenvalue weighted by Gasteiger charge is -2.28. The Kier molecular flexibility index (Phi) is 6.49. The number of urea groups is 1. The molecule has 2 rings (SSSR count). The molecular formula is C19H26N2O5. The van der Waals surface area contributed by atoms with Crippen LogP contribution in [0, 0.1) is 0 Å². The molecule has 0 bridgehead atoms. The van der Waals surface area contributed by atoms with Crippen molar-refractivity contribution in [2.75, 3.05) is 13.2 Å². The van der Waals surface area contributed by atoms with Crippen LogP contribution in [0.3, 0.4) is 0 Å². The average Bonchev–Trinajstić information content (AvgIpc) is 2.55. The van der Waals surface area contributed by atoms with Crippen molar-refractivity contribution in [1.29, 1.82) is 0 Å². The van der Waals surface area contributed by atoms with Crippen LogP contribution in [0.2, 0.25) is 0 Å². The number of hydrogen-bond donors (Lipinski definition) is 2. The molecule has 0 fully saturated rings. The number of hydrogen-bond acceptors (Lipinski definition) is 5. The number of esters is 1. The molecule has 1 aliphatic heterocycles. The topological polar surface area (TPSA) is 85.9 Å². The summed E-state index contributed by atoms with van der Waals surface area (Å²) >= 11 is 0. The first-order valence-electron chi connectivity index (χ1n) is 8.76. The van der Waals surface area contributed by atoms with Gasteiger partial charge in [0, 0.05) is 5.70 Å². The average molecular weight is 362 g/mol. The zero-order chi connectivity index (χ0) is 19.3. The lowest BCUT2D eigenvalue weighted by atomic mass is 9.95. The summed E-state index contributed by atoms with van der Waals surface area (Å²) in [5, 5.41) is 5.40. The Morgan fingerprint density at radius 3 is 2.54 bits per heavy atom. The van der Waals surface area contributed by atoms with Crippen molar-refractivity contribution in [1.82, 2.24) is 10.6 Å². The van der Waals surface area contributed by atoms with Crippen LogP contribution in [-0.4, -0.2) is 31.3 Å². The zero-order valence-corrected chi connectivity index (χ0v) is 15.8. The molecule has 0 saturated heterocycles. The predicted molar refractivity (Wildman–Crippen MR) is 97.1 cm³/mol. The Bertz CT molecular complexity index is 712. The van der Waals surface area contributed by atoms with Crippen LogP contribution in [0.4, 0.5) is 4.79 Å². The van der Waals surface area contributed by atoms with Gasteiger partial charge in [-0.1, -0.05) is 6.07 Å². The molecule has 2 amide bonds. The number of carbonyl (C=O) groups excluding carboxylic acids is 2. The summed E-state index contributed by atoms with van der Waals surface area (Å²) in [5.41, 5.74) is 1.55. The van der Waals surface area contributed by atoms with Gasteiger partial charge in [0.1, 0.15) is 0 Å². The Morgan fingerprint density at radius 2 is 1.92 bits per heavy atom. The number of rotatable bonds is 7. The number of amides is 2. The molecule has 1 atom stereocenters. The van der Waals surface area contributed by atoms with Crippen LogP contribution < -0.4 is 20.1 Å². The van der Waals surface area contributed by atoms with Gasteiger partial charge in [-0.2, -0.15) is 0 Å². The van der Waals surface area contributed by atoms with Gasteiger partial charge in [0.2, 0.25) is 0 Å². The summed E-state index contributed by atoms with van der Waals surface area (Å²) in [6.45, 7) is 9.88. The van der Waals surface area contributed by atoms with Crippen LogP contribution in [0.25, 0.3) is 0 Å². The molecule has 0 aromatic heterocycles. The molecule has 0 saturated carbocycles. The van der Waals surface area contributed by atoms with Crippen molar-refractivity contribution < 1.29 is 23.8 Å². The Labute approximate surface area is 153 Å². The lowest BCUT2D eigenvalue weighted by Crippen LogP contribution is -2.45. The Hall–Kier alpha value is -2.70. The SMILES string of the molecule is CCOC(=O)C1=C(C)NC(=O)NC1c1ccc(OC(C)C)c(OCC)c1. The fourth-order valence-electron chi connectivity index (χ4n) is 2.75. The fraction of sp³-hybridized carbons (Fsp3) is 0.474. The van der Waals surface area contributed by atoms with Gasteiger partial charge in [-0.25, -0.2) is 9.59 Å². The quantitative estimate of drug-likeness (QED) is 0.728. The van der Waals surface area contributed by atoms with Crippen LogP contribution in [0.15, 0.2) is 29.5 Å². The van der Waals surface area contributed by atoms with E-state index in [4.69, 9.17) is 14.2 Å². The second-order valence-electron chi connectivity index (χ2n) is 6.10. The van der Waals surface area contributed by atoms with E-state index in [0.717, 1.165) is 0 Å². The van der Waals surface area contributed by atoms with E-state index in [9.17, 15) is 9.59 Å². The third-order valence-corrected chi connectivity index (χ3v) is 3.73. The van der Waals surface area contributed by atoms with Gasteiger partial charge < -0.3 is 24.8 Å². The first kappa shape index (κ1) is 19.6. The van der Waals surface area contributed by atoms with Crippen LogP contribution in [0.5, 0.6) is 11.5 Å². The van der Waals surface area contributed by atoms with Crippen molar-refractivity contribution in [3.05, 3.63) is 35.0 Å². The molecular weight excluding hydrogens is 336 g/mol. The van der Waals surface area contributed by atoms with E-state index in [1.807, 2.05) is 26.8 Å². The molecule has 0 radical (unpaired) electrons. The maximum atomic E-state index is 12.4. The van der Waals surface area contributed by atoms with E-state index in [-0.39, 0.29) is 18.7 Å². The summed E-state index contributed by atoms with van der Waals surface area (Å²) < 4.78 is 16.6. The Balaban J connectivity index is 2.46. The van der Waals surface area contributed by atoms with E-state index in [2.05, 4.69) is 10.6 Å². The summed E-state index contributed by atoms with van der Waals surface area (Å²) in [5.74, 6) is 0.708. The highest BCUT2D eigenvalue weighted by Crippen LogP contribution is 2.35. The van der Waals surface area contributed by atoms with Gasteiger partial charge >= 0.3 is 12.0 Å². The zero-order valence-electron chi connectivity index (χ0n) is 15.8. The van der Waals surface area contributed by atoms with E-state index >= 15 is 0 Å². The van der Waals surface area contributed by atoms with E-state index < -0.39 is 12.0 Å². The second-order valence-corrected chi connectivity index (χ2v) is 6.10. The van der Waals surface area contributed by atoms with Crippen LogP contribution in [0.1, 0.15) is 46.2 Å². The van der Waals surface area contributed by atoms with Gasteiger partial charge in [-0.05, 0) is 52.3 Å². The minimum atomic E-state index is -0.630. The van der Waals surface area contributed by atoms with Crippen LogP contribution >= 0.6 is 0 Å². The molecule has 142 valence electrons. The highest BCUT2D eigenvalue weighted by atomic mass is 16.5. The fourth-order valence-corrected chi connectivity index (χ4v) is 2.75. The molecule has 7 heteroatoms. The third kappa shape index (κ3) is 4.47. The molecule has 7 nitrogen and oxygen atoms in total. The smallest absolute Gasteiger partial charge is 0.338 e. The number of ether oxygens (including phenoxy) is 3. The molecule has 0 aliphatic carbocycles. The predicted octanol–water partition coefficient (Wildman–Crippen LogP) is 3.06. The molecule has 1 aromatic carbocycles. The normalized spacial score (nSPS) is 16.8. The minimum absolute atomic E-state index is 0.00382. The number of nitrogens with one attached hydrogen (secondary N) is 2. The summed E-state index contributed by atoms with van der Waals surface area (Å²) in [4.78, 5) is 24.3. The first-order valence-corrected chi connectivity index (χ1v) is 8.76. The van der Waals surface area contributed by atoms with Gasteiger partial charge in [0.15, 0.2) is 11.5 Å². The maximum Gasteiger partial charge on any atom is 0.338 e. The minimum Gasteiger partial charge on any atom is -0.490 e. The van der Waals surface area contributed by atoms with Crippen molar-refractivity contribution >= 4 is 12.0 Å². The van der Waals surface area contributed by atoms with E-state index in [1.165, 1.54) is 0 Å². The molecule has 26 heavy (non-hydrogen) atoms. The first-order chi connectivity index (χ1) is 12.4. The van der Waals surface area contributed by atoms with Crippen molar-refractivity contribution in [2.24, 2.45) is 0 Å². The standard InChI is InChI=1S/C19H26N2O5/c1-6-24-15-10-13(8-9-14(15)26-11(3)4)17-16(18(22)25-7-2)12(5)20-19(23)21-17/h8-11,17H,6-7H2,1-5H3,(H2,20,21,23). The van der Waals surface area contributed by atoms with Crippen molar-refractivity contribution in [3.63, 3.8) is 0 Å². The Morgan fingerprint density at radius 1 is 1.19 bits per heavy atom. The molecule has 1 aliphatic rings. The molecule has 1 aromatic rings. The van der Waals surface area contributed by atoms with Gasteiger partial charge in [-0.15, -0.1) is 0 Å². The van der Waals surface area contributed by atoms with Gasteiger partial charge in [0.25, 0.3) is 0 Å². The highest BCUT2D eigenvalue weighted by Gasteiger charge is 2.32. The number of benzene rings is 1. The summed E-state index contributed by atoms with van der Waals surface area (Å²) in [7, 11) is 0. The number of allylic oxidation sites excluding steroid dienone is 1. The monoisotopic (exact) mass is 362 g/mol. The lowest BCUT2D eigenvalue weighted by molar-refractivity contribution is -0.139. The maximum absolute atomic E-state index is 12.4. The van der Waals surface area contributed by atoms with Crippen molar-refractivity contribution in [2.45, 2.75) is 46.8 Å². The second kappa shape index (κ2) is 8.60. The van der Waals surface area contributed by atoms with E-state index in [0.29, 0.717) is 34.9 Å². The molecule has 0 spiro atoms. The molecule has 1 heterocycles. The van der Waals surface area contributed by atoms with Gasteiger partial charge in [0.05, 0.1) is 30.9 Å².